The first kappa shape index (κ1) is 15.3. The number of ether oxygens (including phenoxy) is 1. The Morgan fingerprint density at radius 3 is 2.70 bits per heavy atom. The summed E-state index contributed by atoms with van der Waals surface area (Å²) < 4.78 is 11.9. The van der Waals surface area contributed by atoms with Crippen LogP contribution in [0.4, 0.5) is 0 Å². The van der Waals surface area contributed by atoms with Gasteiger partial charge in [0.1, 0.15) is 23.3 Å². The molecule has 0 spiro atoms. The van der Waals surface area contributed by atoms with Crippen molar-refractivity contribution < 1.29 is 19.1 Å². The van der Waals surface area contributed by atoms with E-state index in [4.69, 9.17) is 14.3 Å². The maximum atomic E-state index is 12.2. The van der Waals surface area contributed by atoms with Crippen LogP contribution < -0.4 is 10.2 Å². The Morgan fingerprint density at radius 2 is 1.96 bits per heavy atom. The van der Waals surface area contributed by atoms with Crippen LogP contribution in [0.25, 0.3) is 11.0 Å². The molecule has 1 aromatic heterocycles. The highest BCUT2D eigenvalue weighted by molar-refractivity contribution is 9.10. The van der Waals surface area contributed by atoms with Crippen LogP contribution in [0.3, 0.4) is 0 Å². The van der Waals surface area contributed by atoms with Gasteiger partial charge in [-0.1, -0.05) is 40.2 Å². The Kier molecular flexibility index (Phi) is 4.16. The molecule has 2 aromatic carbocycles. The maximum Gasteiger partial charge on any atom is 0.371 e. The van der Waals surface area contributed by atoms with E-state index in [2.05, 4.69) is 15.9 Å². The van der Waals surface area contributed by atoms with E-state index in [1.54, 1.807) is 12.1 Å². The molecular weight excluding hydrogens is 364 g/mol. The average molecular weight is 375 g/mol. The Hall–Kier alpha value is -2.60. The zero-order valence-corrected chi connectivity index (χ0v) is 13.4. The molecule has 0 fully saturated rings. The second-order valence-corrected chi connectivity index (χ2v) is 5.64. The summed E-state index contributed by atoms with van der Waals surface area (Å²) in [7, 11) is 0. The van der Waals surface area contributed by atoms with Crippen molar-refractivity contribution in [2.24, 2.45) is 0 Å². The van der Waals surface area contributed by atoms with Gasteiger partial charge in [0.15, 0.2) is 5.43 Å². The first-order valence-corrected chi connectivity index (χ1v) is 7.52. The molecule has 116 valence electrons. The van der Waals surface area contributed by atoms with Crippen LogP contribution >= 0.6 is 15.9 Å². The van der Waals surface area contributed by atoms with Crippen LogP contribution in [0.5, 0.6) is 5.75 Å². The number of hydrogen-bond donors (Lipinski definition) is 1. The summed E-state index contributed by atoms with van der Waals surface area (Å²) in [6.45, 7) is 0.265. The fourth-order valence-electron chi connectivity index (χ4n) is 2.17. The molecule has 0 saturated heterocycles. The molecule has 1 heterocycles. The quantitative estimate of drug-likeness (QED) is 0.750. The first-order valence-electron chi connectivity index (χ1n) is 6.72. The molecule has 3 rings (SSSR count). The fourth-order valence-corrected chi connectivity index (χ4v) is 2.57. The van der Waals surface area contributed by atoms with Crippen molar-refractivity contribution in [3.8, 4) is 5.75 Å². The summed E-state index contributed by atoms with van der Waals surface area (Å²) in [4.78, 5) is 23.2. The van der Waals surface area contributed by atoms with Gasteiger partial charge in [-0.15, -0.1) is 0 Å². The van der Waals surface area contributed by atoms with Gasteiger partial charge in [-0.2, -0.15) is 0 Å². The van der Waals surface area contributed by atoms with Crippen molar-refractivity contribution in [3.05, 3.63) is 74.6 Å². The minimum absolute atomic E-state index is 0.180. The number of benzene rings is 2. The van der Waals surface area contributed by atoms with Crippen LogP contribution in [-0.2, 0) is 6.61 Å². The van der Waals surface area contributed by atoms with Crippen LogP contribution in [0.2, 0.25) is 0 Å². The molecule has 3 aromatic rings. The van der Waals surface area contributed by atoms with Gasteiger partial charge >= 0.3 is 5.97 Å². The Morgan fingerprint density at radius 1 is 1.17 bits per heavy atom. The maximum absolute atomic E-state index is 12.2. The minimum Gasteiger partial charge on any atom is -0.488 e. The zero-order valence-electron chi connectivity index (χ0n) is 11.8. The lowest BCUT2D eigenvalue weighted by Crippen LogP contribution is -2.08. The normalized spacial score (nSPS) is 10.7. The largest absolute Gasteiger partial charge is 0.488 e. The third kappa shape index (κ3) is 3.12. The van der Waals surface area contributed by atoms with Gasteiger partial charge in [0.05, 0.1) is 0 Å². The highest BCUT2D eigenvalue weighted by atomic mass is 79.9. The molecule has 0 bridgehead atoms. The molecule has 0 radical (unpaired) electrons. The molecule has 0 aliphatic heterocycles. The van der Waals surface area contributed by atoms with Gasteiger partial charge in [-0.25, -0.2) is 4.79 Å². The van der Waals surface area contributed by atoms with Crippen molar-refractivity contribution in [3.63, 3.8) is 0 Å². The van der Waals surface area contributed by atoms with Gasteiger partial charge in [0, 0.05) is 16.1 Å². The van der Waals surface area contributed by atoms with E-state index in [0.29, 0.717) is 5.75 Å². The molecule has 0 aliphatic carbocycles. The van der Waals surface area contributed by atoms with Gasteiger partial charge in [0.25, 0.3) is 0 Å². The summed E-state index contributed by atoms with van der Waals surface area (Å²) in [6, 6.07) is 13.4. The summed E-state index contributed by atoms with van der Waals surface area (Å²) in [5.41, 5.74) is 0.655. The predicted octanol–water partition coefficient (Wildman–Crippen LogP) is 3.83. The standard InChI is InChI=1S/C17H11BrO5/c18-11-5-2-1-4-10(11)9-22-13-6-3-7-14-16(13)12(19)8-15(23-14)17(20)21/h1-8H,9H2,(H,20,21). The van der Waals surface area contributed by atoms with Crippen molar-refractivity contribution >= 4 is 32.9 Å². The number of halogens is 1. The smallest absolute Gasteiger partial charge is 0.371 e. The molecule has 0 atom stereocenters. The number of rotatable bonds is 4. The molecule has 0 amide bonds. The number of hydrogen-bond acceptors (Lipinski definition) is 4. The number of carboxylic acids is 1. The van der Waals surface area contributed by atoms with Crippen molar-refractivity contribution in [1.82, 2.24) is 0 Å². The third-order valence-corrected chi connectivity index (χ3v) is 4.04. The number of carboxylic acid groups (broad SMARTS) is 1. The molecule has 0 saturated carbocycles. The second-order valence-electron chi connectivity index (χ2n) is 4.79. The SMILES string of the molecule is O=C(O)c1cc(=O)c2c(OCc3ccccc3Br)cccc2o1. The summed E-state index contributed by atoms with van der Waals surface area (Å²) >= 11 is 3.43. The van der Waals surface area contributed by atoms with E-state index < -0.39 is 17.2 Å². The van der Waals surface area contributed by atoms with Crippen molar-refractivity contribution in [2.75, 3.05) is 0 Å². The van der Waals surface area contributed by atoms with E-state index >= 15 is 0 Å². The van der Waals surface area contributed by atoms with E-state index in [1.807, 2.05) is 24.3 Å². The van der Waals surface area contributed by atoms with Crippen LogP contribution in [0, 0.1) is 0 Å². The average Bonchev–Trinajstić information content (AvgIpc) is 2.53. The lowest BCUT2D eigenvalue weighted by Gasteiger charge is -2.10. The van der Waals surface area contributed by atoms with Crippen LogP contribution in [-0.4, -0.2) is 11.1 Å². The molecule has 6 heteroatoms. The highest BCUT2D eigenvalue weighted by Crippen LogP contribution is 2.25. The topological polar surface area (TPSA) is 76.7 Å². The second kappa shape index (κ2) is 6.26. The van der Waals surface area contributed by atoms with Gasteiger partial charge in [-0.05, 0) is 18.2 Å². The summed E-state index contributed by atoms with van der Waals surface area (Å²) in [6.07, 6.45) is 0. The Bertz CT molecular complexity index is 945. The number of fused-ring (bicyclic) bond motifs is 1. The third-order valence-electron chi connectivity index (χ3n) is 3.27. The molecular formula is C17H11BrO5. The highest BCUT2D eigenvalue weighted by Gasteiger charge is 2.14. The molecule has 0 unspecified atom stereocenters. The van der Waals surface area contributed by atoms with Gasteiger partial charge in [0.2, 0.25) is 5.76 Å². The first-order chi connectivity index (χ1) is 11.1. The van der Waals surface area contributed by atoms with Gasteiger partial charge < -0.3 is 14.3 Å². The lowest BCUT2D eigenvalue weighted by molar-refractivity contribution is 0.0663. The zero-order chi connectivity index (χ0) is 16.4. The number of carbonyl (C=O) groups is 1. The molecule has 23 heavy (non-hydrogen) atoms. The fraction of sp³-hybridized carbons (Fsp3) is 0.0588. The predicted molar refractivity (Wildman–Crippen MR) is 87.9 cm³/mol. The molecule has 5 nitrogen and oxygen atoms in total. The van der Waals surface area contributed by atoms with Crippen LogP contribution in [0.1, 0.15) is 16.1 Å². The van der Waals surface area contributed by atoms with Gasteiger partial charge in [-0.3, -0.25) is 4.79 Å². The Labute approximate surface area is 139 Å². The summed E-state index contributed by atoms with van der Waals surface area (Å²) in [5.74, 6) is -1.34. The molecule has 0 aliphatic rings. The monoisotopic (exact) mass is 374 g/mol. The van der Waals surface area contributed by atoms with E-state index in [-0.39, 0.29) is 17.6 Å². The summed E-state index contributed by atoms with van der Waals surface area (Å²) in [5, 5.41) is 9.18. The van der Waals surface area contributed by atoms with E-state index in [9.17, 15) is 9.59 Å². The number of aromatic carboxylic acids is 1. The minimum atomic E-state index is -1.29. The van der Waals surface area contributed by atoms with Crippen molar-refractivity contribution in [1.29, 1.82) is 0 Å². The lowest BCUT2D eigenvalue weighted by atomic mass is 10.2. The Balaban J connectivity index is 2.00. The van der Waals surface area contributed by atoms with E-state index in [1.165, 1.54) is 6.07 Å². The molecule has 1 N–H and O–H groups in total. The van der Waals surface area contributed by atoms with E-state index in [0.717, 1.165) is 16.1 Å². The van der Waals surface area contributed by atoms with Crippen molar-refractivity contribution in [2.45, 2.75) is 6.61 Å². The van der Waals surface area contributed by atoms with Crippen LogP contribution in [0.15, 0.2) is 62.2 Å².